The molecule has 0 spiro atoms. The van der Waals surface area contributed by atoms with Crippen molar-refractivity contribution in [1.29, 1.82) is 0 Å². The van der Waals surface area contributed by atoms with Crippen LogP contribution in [0.4, 0.5) is 11.4 Å². The monoisotopic (exact) mass is 352 g/mol. The Bertz CT molecular complexity index is 982. The maximum absolute atomic E-state index is 10.3. The van der Waals surface area contributed by atoms with Crippen LogP contribution in [-0.2, 0) is 0 Å². The van der Waals surface area contributed by atoms with Crippen molar-refractivity contribution in [1.82, 2.24) is 9.97 Å². The minimum atomic E-state index is -0.474. The number of pyridine rings is 2. The second-order valence-corrected chi connectivity index (χ2v) is 5.28. The van der Waals surface area contributed by atoms with Gasteiger partial charge in [-0.05, 0) is 24.3 Å². The first kappa shape index (κ1) is 17.0. The largest absolute Gasteiger partial charge is 0.264 e. The Labute approximate surface area is 146 Å². The van der Waals surface area contributed by atoms with Gasteiger partial charge in [0.15, 0.2) is 0 Å². The summed E-state index contributed by atoms with van der Waals surface area (Å²) in [5.74, 6) is 0. The van der Waals surface area contributed by atoms with E-state index in [9.17, 15) is 20.2 Å². The van der Waals surface area contributed by atoms with E-state index in [1.807, 2.05) is 6.07 Å². The lowest BCUT2D eigenvalue weighted by Crippen LogP contribution is -2.00. The number of aromatic nitrogens is 2. The molecule has 0 N–H and O–H groups in total. The van der Waals surface area contributed by atoms with Crippen LogP contribution in [-0.4, -0.2) is 45.3 Å². The molecule has 0 atom stereocenters. The molecular weight excluding hydrogens is 340 g/mol. The van der Waals surface area contributed by atoms with Crippen LogP contribution in [0, 0.1) is 20.2 Å². The summed E-state index contributed by atoms with van der Waals surface area (Å²) >= 11 is 0. The molecule has 0 aliphatic heterocycles. The van der Waals surface area contributed by atoms with E-state index in [2.05, 4.69) is 20.0 Å². The Morgan fingerprint density at radius 1 is 0.808 bits per heavy atom. The molecule has 0 saturated heterocycles. The van der Waals surface area contributed by atoms with E-state index in [-0.39, 0.29) is 13.1 Å². The Morgan fingerprint density at radius 2 is 1.27 bits per heavy atom. The molecule has 0 unspecified atom stereocenters. The summed E-state index contributed by atoms with van der Waals surface area (Å²) < 4.78 is 0. The lowest BCUT2D eigenvalue weighted by atomic mass is 10.1. The van der Waals surface area contributed by atoms with Gasteiger partial charge < -0.3 is 0 Å². The summed E-state index contributed by atoms with van der Waals surface area (Å²) in [5, 5.41) is 22.3. The first-order chi connectivity index (χ1) is 12.5. The summed E-state index contributed by atoms with van der Waals surface area (Å²) in [7, 11) is 0. The van der Waals surface area contributed by atoms with Crippen molar-refractivity contribution >= 4 is 45.6 Å². The number of aliphatic imine (C=N–C) groups is 2. The van der Waals surface area contributed by atoms with Gasteiger partial charge in [-0.3, -0.25) is 40.2 Å². The van der Waals surface area contributed by atoms with Gasteiger partial charge in [-0.15, -0.1) is 0 Å². The summed E-state index contributed by atoms with van der Waals surface area (Å²) in [5.41, 5.74) is 2.43. The van der Waals surface area contributed by atoms with Crippen LogP contribution >= 0.6 is 0 Å². The number of hydrogen-bond donors (Lipinski definition) is 0. The molecular formula is C16H12N6O4. The zero-order valence-electron chi connectivity index (χ0n) is 13.3. The molecule has 10 nitrogen and oxygen atoms in total. The third-order valence-electron chi connectivity index (χ3n) is 3.40. The average Bonchev–Trinajstić information content (AvgIpc) is 2.59. The SMILES string of the molecule is O=[N+]([O-])CC=Nc1cnc2cc3ncc(N=CC[N+](=O)[O-])cc3cc2c1. The number of rotatable bonds is 6. The lowest BCUT2D eigenvalue weighted by molar-refractivity contribution is -0.462. The quantitative estimate of drug-likeness (QED) is 0.289. The van der Waals surface area contributed by atoms with Crippen LogP contribution in [0.3, 0.4) is 0 Å². The minimum absolute atomic E-state index is 0.356. The molecule has 0 aliphatic rings. The van der Waals surface area contributed by atoms with Crippen molar-refractivity contribution in [2.24, 2.45) is 9.98 Å². The number of benzene rings is 1. The van der Waals surface area contributed by atoms with E-state index in [1.54, 1.807) is 18.2 Å². The highest BCUT2D eigenvalue weighted by molar-refractivity contribution is 5.96. The van der Waals surface area contributed by atoms with E-state index in [1.165, 1.54) is 24.8 Å². The zero-order chi connectivity index (χ0) is 18.5. The predicted octanol–water partition coefficient (Wildman–Crippen LogP) is 2.74. The molecule has 3 rings (SSSR count). The highest BCUT2D eigenvalue weighted by Crippen LogP contribution is 2.25. The first-order valence-electron chi connectivity index (χ1n) is 7.49. The van der Waals surface area contributed by atoms with Crippen LogP contribution in [0.5, 0.6) is 0 Å². The molecule has 1 aromatic carbocycles. The first-order valence-corrected chi connectivity index (χ1v) is 7.49. The Morgan fingerprint density at radius 3 is 1.69 bits per heavy atom. The molecule has 0 amide bonds. The van der Waals surface area contributed by atoms with Gasteiger partial charge in [-0.25, -0.2) is 0 Å². The van der Waals surface area contributed by atoms with Gasteiger partial charge in [0.1, 0.15) is 0 Å². The van der Waals surface area contributed by atoms with Crippen molar-refractivity contribution in [3.05, 3.63) is 56.9 Å². The molecule has 130 valence electrons. The van der Waals surface area contributed by atoms with Crippen molar-refractivity contribution < 1.29 is 9.85 Å². The fourth-order valence-corrected chi connectivity index (χ4v) is 2.30. The van der Waals surface area contributed by atoms with E-state index < -0.39 is 9.85 Å². The van der Waals surface area contributed by atoms with Crippen molar-refractivity contribution in [2.45, 2.75) is 0 Å². The Balaban J connectivity index is 1.94. The minimum Gasteiger partial charge on any atom is -0.264 e. The molecule has 0 aliphatic carbocycles. The zero-order valence-corrected chi connectivity index (χ0v) is 13.3. The maximum Gasteiger partial charge on any atom is 0.238 e. The fraction of sp³-hybridized carbons (Fsp3) is 0.125. The van der Waals surface area contributed by atoms with Crippen molar-refractivity contribution in [3.63, 3.8) is 0 Å². The van der Waals surface area contributed by atoms with Gasteiger partial charge in [0, 0.05) is 20.6 Å². The number of hydrogen-bond acceptors (Lipinski definition) is 8. The second kappa shape index (κ2) is 7.38. The van der Waals surface area contributed by atoms with Crippen LogP contribution in [0.2, 0.25) is 0 Å². The Hall–Kier alpha value is -3.82. The van der Waals surface area contributed by atoms with Crippen molar-refractivity contribution in [2.75, 3.05) is 13.1 Å². The van der Waals surface area contributed by atoms with Gasteiger partial charge in [0.2, 0.25) is 13.1 Å². The molecule has 10 heteroatoms. The fourth-order valence-electron chi connectivity index (χ4n) is 2.30. The molecule has 2 aromatic heterocycles. The molecule has 0 saturated carbocycles. The topological polar surface area (TPSA) is 137 Å². The van der Waals surface area contributed by atoms with Gasteiger partial charge in [0.25, 0.3) is 0 Å². The smallest absolute Gasteiger partial charge is 0.238 e. The maximum atomic E-state index is 10.3. The number of nitro groups is 2. The summed E-state index contributed by atoms with van der Waals surface area (Å²) in [6.07, 6.45) is 5.49. The molecule has 2 heterocycles. The van der Waals surface area contributed by atoms with Crippen LogP contribution in [0.25, 0.3) is 21.8 Å². The van der Waals surface area contributed by atoms with Crippen molar-refractivity contribution in [3.8, 4) is 0 Å². The standard InChI is InChI=1S/C16H12N6O4/c23-21(24)3-1-17-13-6-11-5-12-7-14(18-2-4-22(25)26)10-20-16(12)8-15(11)19-9-13/h1-2,5-10H,3-4H2. The third kappa shape index (κ3) is 4.17. The summed E-state index contributed by atoms with van der Waals surface area (Å²) in [4.78, 5) is 36.3. The van der Waals surface area contributed by atoms with E-state index in [4.69, 9.17) is 0 Å². The number of fused-ring (bicyclic) bond motifs is 2. The molecule has 0 radical (unpaired) electrons. The molecule has 0 bridgehead atoms. The van der Waals surface area contributed by atoms with Crippen LogP contribution in [0.15, 0.2) is 46.6 Å². The van der Waals surface area contributed by atoms with Crippen LogP contribution in [0.1, 0.15) is 0 Å². The number of nitrogens with zero attached hydrogens (tertiary/aromatic N) is 6. The van der Waals surface area contributed by atoms with Gasteiger partial charge in [0.05, 0.1) is 47.2 Å². The highest BCUT2D eigenvalue weighted by Gasteiger charge is 2.03. The highest BCUT2D eigenvalue weighted by atomic mass is 16.6. The van der Waals surface area contributed by atoms with Crippen LogP contribution < -0.4 is 0 Å². The van der Waals surface area contributed by atoms with E-state index in [0.717, 1.165) is 10.8 Å². The van der Waals surface area contributed by atoms with E-state index in [0.29, 0.717) is 22.4 Å². The van der Waals surface area contributed by atoms with Gasteiger partial charge >= 0.3 is 0 Å². The van der Waals surface area contributed by atoms with E-state index >= 15 is 0 Å². The molecule has 26 heavy (non-hydrogen) atoms. The normalized spacial score (nSPS) is 11.7. The predicted molar refractivity (Wildman–Crippen MR) is 97.1 cm³/mol. The Kier molecular flexibility index (Phi) is 4.83. The summed E-state index contributed by atoms with van der Waals surface area (Å²) in [6, 6.07) is 7.19. The summed E-state index contributed by atoms with van der Waals surface area (Å²) in [6.45, 7) is -0.712. The lowest BCUT2D eigenvalue weighted by Gasteiger charge is -2.03. The average molecular weight is 352 g/mol. The molecule has 0 fully saturated rings. The molecule has 3 aromatic rings. The van der Waals surface area contributed by atoms with Gasteiger partial charge in [-0.1, -0.05) is 0 Å². The van der Waals surface area contributed by atoms with Gasteiger partial charge in [-0.2, -0.15) is 0 Å². The third-order valence-corrected chi connectivity index (χ3v) is 3.40. The second-order valence-electron chi connectivity index (χ2n) is 5.28.